The quantitative estimate of drug-likeness (QED) is 0.498. The van der Waals surface area contributed by atoms with Crippen LogP contribution in [-0.2, 0) is 0 Å². The molecule has 0 aromatic heterocycles. The summed E-state index contributed by atoms with van der Waals surface area (Å²) in [5.74, 6) is 0.569. The predicted molar refractivity (Wildman–Crippen MR) is 69.9 cm³/mol. The Morgan fingerprint density at radius 2 is 1.40 bits per heavy atom. The third kappa shape index (κ3) is 2.55. The lowest BCUT2D eigenvalue weighted by atomic mass is 9.57. The fourth-order valence-corrected chi connectivity index (χ4v) is 2.38. The molecule has 3 heteroatoms. The van der Waals surface area contributed by atoms with Gasteiger partial charge in [-0.25, -0.2) is 0 Å². The first-order valence-electron chi connectivity index (χ1n) is 5.51. The highest BCUT2D eigenvalue weighted by molar-refractivity contribution is 7.99. The number of nitrogens with zero attached hydrogens (tertiary/aromatic N) is 1. The SMILES string of the molecule is CC(C)C(C)(C)C(C)(C)C(C)(C)SN=O. The minimum atomic E-state index is -0.150. The smallest absolute Gasteiger partial charge is 0.0412 e. The van der Waals surface area contributed by atoms with Gasteiger partial charge in [0.15, 0.2) is 0 Å². The van der Waals surface area contributed by atoms with Crippen molar-refractivity contribution in [3.63, 3.8) is 0 Å². The third-order valence-electron chi connectivity index (χ3n) is 4.82. The van der Waals surface area contributed by atoms with E-state index in [1.165, 1.54) is 0 Å². The Morgan fingerprint density at radius 3 is 1.67 bits per heavy atom. The Hall–Kier alpha value is -0.0500. The van der Waals surface area contributed by atoms with Gasteiger partial charge in [0, 0.05) is 21.3 Å². The van der Waals surface area contributed by atoms with Gasteiger partial charge in [-0.15, -0.1) is 4.91 Å². The van der Waals surface area contributed by atoms with Gasteiger partial charge in [-0.1, -0.05) is 41.5 Å². The Kier molecular flexibility index (Phi) is 4.43. The van der Waals surface area contributed by atoms with Crippen molar-refractivity contribution in [1.82, 2.24) is 0 Å². The molecule has 0 radical (unpaired) electrons. The second kappa shape index (κ2) is 4.44. The molecule has 0 aliphatic carbocycles. The van der Waals surface area contributed by atoms with Crippen LogP contribution >= 0.6 is 11.9 Å². The Labute approximate surface area is 98.7 Å². The van der Waals surface area contributed by atoms with Crippen LogP contribution in [0.1, 0.15) is 55.4 Å². The van der Waals surface area contributed by atoms with E-state index in [2.05, 4.69) is 60.0 Å². The standard InChI is InChI=1S/C12H25NOS/c1-9(2)10(3,4)11(5,6)12(7,8)15-13-14/h9H,1-8H3. The molecule has 0 spiro atoms. The molecule has 0 fully saturated rings. The predicted octanol–water partition coefficient (Wildman–Crippen LogP) is 4.89. The highest BCUT2D eigenvalue weighted by Gasteiger charge is 2.50. The minimum Gasteiger partial charge on any atom is -0.137 e. The van der Waals surface area contributed by atoms with E-state index in [-0.39, 0.29) is 15.6 Å². The molecule has 0 unspecified atom stereocenters. The number of hydrogen-bond donors (Lipinski definition) is 0. The maximum absolute atomic E-state index is 10.5. The molecule has 0 aliphatic heterocycles. The van der Waals surface area contributed by atoms with Crippen molar-refractivity contribution in [3.8, 4) is 0 Å². The molecular formula is C12H25NOS. The molecule has 0 rings (SSSR count). The molecular weight excluding hydrogens is 206 g/mol. The fraction of sp³-hybridized carbons (Fsp3) is 1.00. The fourth-order valence-electron chi connectivity index (χ4n) is 1.70. The van der Waals surface area contributed by atoms with E-state index >= 15 is 0 Å². The van der Waals surface area contributed by atoms with Crippen molar-refractivity contribution >= 4 is 11.9 Å². The summed E-state index contributed by atoms with van der Waals surface area (Å²) in [6.07, 6.45) is 0. The Morgan fingerprint density at radius 1 is 1.00 bits per heavy atom. The molecule has 0 bridgehead atoms. The number of hydrogen-bond acceptors (Lipinski definition) is 3. The summed E-state index contributed by atoms with van der Waals surface area (Å²) in [6.45, 7) is 17.7. The van der Waals surface area contributed by atoms with Crippen molar-refractivity contribution < 1.29 is 0 Å². The Balaban J connectivity index is 5.19. The van der Waals surface area contributed by atoms with Gasteiger partial charge in [0.25, 0.3) is 0 Å². The lowest BCUT2D eigenvalue weighted by Crippen LogP contribution is -2.49. The maximum atomic E-state index is 10.5. The first kappa shape index (κ1) is 14.9. The van der Waals surface area contributed by atoms with Gasteiger partial charge in [-0.2, -0.15) is 0 Å². The van der Waals surface area contributed by atoms with Crippen molar-refractivity contribution in [2.75, 3.05) is 0 Å². The summed E-state index contributed by atoms with van der Waals surface area (Å²) < 4.78 is 2.86. The van der Waals surface area contributed by atoms with E-state index in [4.69, 9.17) is 0 Å². The zero-order valence-corrected chi connectivity index (χ0v) is 12.2. The zero-order chi connectivity index (χ0) is 12.5. The van der Waals surface area contributed by atoms with E-state index < -0.39 is 0 Å². The molecule has 2 nitrogen and oxygen atoms in total. The van der Waals surface area contributed by atoms with Crippen LogP contribution in [0.25, 0.3) is 0 Å². The van der Waals surface area contributed by atoms with Crippen LogP contribution in [0.5, 0.6) is 0 Å². The molecule has 0 amide bonds. The summed E-state index contributed by atoms with van der Waals surface area (Å²) in [5.41, 5.74) is 0.195. The van der Waals surface area contributed by atoms with Gasteiger partial charge in [-0.05, 0) is 30.6 Å². The van der Waals surface area contributed by atoms with E-state index in [1.807, 2.05) is 0 Å². The molecule has 0 aromatic rings. The van der Waals surface area contributed by atoms with Gasteiger partial charge < -0.3 is 0 Å². The van der Waals surface area contributed by atoms with Crippen LogP contribution in [-0.4, -0.2) is 4.75 Å². The molecule has 0 saturated heterocycles. The van der Waals surface area contributed by atoms with Crippen LogP contribution in [0.15, 0.2) is 4.58 Å². The molecule has 0 atom stereocenters. The van der Waals surface area contributed by atoms with Gasteiger partial charge in [0.2, 0.25) is 0 Å². The minimum absolute atomic E-state index is 0.0345. The van der Waals surface area contributed by atoms with Crippen LogP contribution in [0.3, 0.4) is 0 Å². The number of rotatable bonds is 5. The summed E-state index contributed by atoms with van der Waals surface area (Å²) in [5, 5.41) is 0. The molecule has 0 heterocycles. The lowest BCUT2D eigenvalue weighted by molar-refractivity contribution is 0.0286. The highest BCUT2D eigenvalue weighted by atomic mass is 32.2. The topological polar surface area (TPSA) is 29.4 Å². The van der Waals surface area contributed by atoms with Crippen molar-refractivity contribution in [3.05, 3.63) is 4.91 Å². The van der Waals surface area contributed by atoms with Crippen LogP contribution in [0, 0.1) is 21.7 Å². The monoisotopic (exact) mass is 231 g/mol. The van der Waals surface area contributed by atoms with Gasteiger partial charge >= 0.3 is 0 Å². The zero-order valence-electron chi connectivity index (χ0n) is 11.3. The third-order valence-corrected chi connectivity index (χ3v) is 5.87. The normalized spacial score (nSPS) is 14.5. The second-order valence-corrected chi connectivity index (χ2v) is 7.53. The summed E-state index contributed by atoms with van der Waals surface area (Å²) in [7, 11) is 0. The summed E-state index contributed by atoms with van der Waals surface area (Å²) in [4.78, 5) is 10.5. The molecule has 0 N–H and O–H groups in total. The highest BCUT2D eigenvalue weighted by Crippen LogP contribution is 2.55. The van der Waals surface area contributed by atoms with E-state index in [0.29, 0.717) is 5.92 Å². The van der Waals surface area contributed by atoms with Crippen molar-refractivity contribution in [1.29, 1.82) is 0 Å². The first-order valence-corrected chi connectivity index (χ1v) is 6.29. The molecule has 0 saturated carbocycles. The molecule has 0 aliphatic rings. The average Bonchev–Trinajstić information content (AvgIpc) is 2.02. The van der Waals surface area contributed by atoms with Crippen LogP contribution in [0.2, 0.25) is 0 Å². The van der Waals surface area contributed by atoms with E-state index in [9.17, 15) is 4.91 Å². The first-order chi connectivity index (χ1) is 6.50. The lowest BCUT2D eigenvalue weighted by Gasteiger charge is -2.52. The maximum Gasteiger partial charge on any atom is 0.0412 e. The Bertz CT molecular complexity index is 232. The molecule has 15 heavy (non-hydrogen) atoms. The average molecular weight is 231 g/mol. The van der Waals surface area contributed by atoms with Gasteiger partial charge in [0.1, 0.15) is 0 Å². The molecule has 0 aromatic carbocycles. The van der Waals surface area contributed by atoms with Crippen molar-refractivity contribution in [2.24, 2.45) is 21.3 Å². The van der Waals surface area contributed by atoms with Gasteiger partial charge in [0.05, 0.1) is 0 Å². The second-order valence-electron chi connectivity index (χ2n) is 6.18. The van der Waals surface area contributed by atoms with E-state index in [0.717, 1.165) is 11.9 Å². The number of nitroso groups, excluding NO2 is 1. The molecule has 90 valence electrons. The van der Waals surface area contributed by atoms with Crippen molar-refractivity contribution in [2.45, 2.75) is 60.1 Å². The van der Waals surface area contributed by atoms with Gasteiger partial charge in [-0.3, -0.25) is 0 Å². The van der Waals surface area contributed by atoms with Crippen LogP contribution in [0.4, 0.5) is 0 Å². The largest absolute Gasteiger partial charge is 0.137 e. The summed E-state index contributed by atoms with van der Waals surface area (Å²) >= 11 is 1.15. The summed E-state index contributed by atoms with van der Waals surface area (Å²) in [6, 6.07) is 0. The van der Waals surface area contributed by atoms with Crippen LogP contribution < -0.4 is 0 Å². The van der Waals surface area contributed by atoms with E-state index in [1.54, 1.807) is 0 Å².